The predicted octanol–water partition coefficient (Wildman–Crippen LogP) is 3.94. The van der Waals surface area contributed by atoms with Gasteiger partial charge < -0.3 is 11.1 Å². The maximum absolute atomic E-state index is 5.99. The van der Waals surface area contributed by atoms with Crippen LogP contribution >= 0.6 is 11.6 Å². The number of nitrogens with two attached hydrogens (primary N) is 1. The highest BCUT2D eigenvalue weighted by atomic mass is 35.5. The van der Waals surface area contributed by atoms with Gasteiger partial charge in [0.1, 0.15) is 11.0 Å². The lowest BCUT2D eigenvalue weighted by molar-refractivity contribution is 0.155. The predicted molar refractivity (Wildman–Crippen MR) is 80.3 cm³/mol. The highest BCUT2D eigenvalue weighted by molar-refractivity contribution is 6.29. The average Bonchev–Trinajstić information content (AvgIpc) is 2.74. The molecule has 0 saturated heterocycles. The SMILES string of the molecule is CC12CCC(C1)C(C)(C)C2Nc1cc(N)cc(Cl)n1. The quantitative estimate of drug-likeness (QED) is 0.806. The topological polar surface area (TPSA) is 50.9 Å². The second kappa shape index (κ2) is 4.02. The number of rotatable bonds is 2. The minimum atomic E-state index is 0.297. The summed E-state index contributed by atoms with van der Waals surface area (Å²) in [5, 5.41) is 4.06. The van der Waals surface area contributed by atoms with Gasteiger partial charge in [-0.15, -0.1) is 0 Å². The molecule has 0 amide bonds. The molecule has 3 N–H and O–H groups in total. The lowest BCUT2D eigenvalue weighted by Crippen LogP contribution is -2.46. The summed E-state index contributed by atoms with van der Waals surface area (Å²) in [5.41, 5.74) is 7.17. The summed E-state index contributed by atoms with van der Waals surface area (Å²) in [5.74, 6) is 1.61. The highest BCUT2D eigenvalue weighted by Gasteiger charge is 2.59. The molecule has 1 aromatic rings. The molecule has 2 aliphatic carbocycles. The Morgan fingerprint density at radius 2 is 2.11 bits per heavy atom. The van der Waals surface area contributed by atoms with E-state index in [0.717, 1.165) is 11.7 Å². The Hall–Kier alpha value is -0.960. The van der Waals surface area contributed by atoms with Crippen LogP contribution in [0.25, 0.3) is 0 Å². The number of pyridine rings is 1. The fraction of sp³-hybridized carbons (Fsp3) is 0.667. The van der Waals surface area contributed by atoms with Gasteiger partial charge in [0, 0.05) is 17.8 Å². The van der Waals surface area contributed by atoms with E-state index in [1.54, 1.807) is 6.07 Å². The van der Waals surface area contributed by atoms with Crippen LogP contribution in [-0.4, -0.2) is 11.0 Å². The first-order valence-corrected chi connectivity index (χ1v) is 7.39. The van der Waals surface area contributed by atoms with Crippen molar-refractivity contribution in [2.75, 3.05) is 11.1 Å². The lowest BCUT2D eigenvalue weighted by Gasteiger charge is -2.43. The van der Waals surface area contributed by atoms with E-state index in [0.29, 0.717) is 27.7 Å². The first-order valence-electron chi connectivity index (χ1n) is 7.01. The minimum absolute atomic E-state index is 0.297. The number of hydrogen-bond donors (Lipinski definition) is 2. The van der Waals surface area contributed by atoms with Gasteiger partial charge in [0.2, 0.25) is 0 Å². The molecule has 3 nitrogen and oxygen atoms in total. The number of fused-ring (bicyclic) bond motifs is 2. The van der Waals surface area contributed by atoms with E-state index < -0.39 is 0 Å². The van der Waals surface area contributed by atoms with Gasteiger partial charge in [-0.05, 0) is 42.1 Å². The molecule has 2 saturated carbocycles. The van der Waals surface area contributed by atoms with E-state index in [-0.39, 0.29) is 0 Å². The molecule has 1 aromatic heterocycles. The van der Waals surface area contributed by atoms with Crippen molar-refractivity contribution in [3.8, 4) is 0 Å². The zero-order chi connectivity index (χ0) is 13.8. The first kappa shape index (κ1) is 13.0. The molecular formula is C15H22ClN3. The van der Waals surface area contributed by atoms with Crippen molar-refractivity contribution in [2.45, 2.75) is 46.1 Å². The molecule has 0 spiro atoms. The Bertz CT molecular complexity index is 489. The van der Waals surface area contributed by atoms with Crippen molar-refractivity contribution >= 4 is 23.1 Å². The molecular weight excluding hydrogens is 258 g/mol. The molecule has 4 heteroatoms. The average molecular weight is 280 g/mol. The number of nitrogen functional groups attached to an aromatic ring is 1. The summed E-state index contributed by atoms with van der Waals surface area (Å²) in [7, 11) is 0. The Morgan fingerprint density at radius 3 is 2.68 bits per heavy atom. The summed E-state index contributed by atoms with van der Waals surface area (Å²) in [4.78, 5) is 4.35. The van der Waals surface area contributed by atoms with Crippen molar-refractivity contribution in [3.63, 3.8) is 0 Å². The molecule has 104 valence electrons. The van der Waals surface area contributed by atoms with Gasteiger partial charge >= 0.3 is 0 Å². The van der Waals surface area contributed by atoms with Gasteiger partial charge in [0.25, 0.3) is 0 Å². The molecule has 3 unspecified atom stereocenters. The smallest absolute Gasteiger partial charge is 0.133 e. The minimum Gasteiger partial charge on any atom is -0.399 e. The van der Waals surface area contributed by atoms with E-state index in [1.807, 2.05) is 6.07 Å². The normalized spacial score (nSPS) is 35.6. The Morgan fingerprint density at radius 1 is 1.37 bits per heavy atom. The summed E-state index contributed by atoms with van der Waals surface area (Å²) in [6, 6.07) is 3.99. The molecule has 0 aliphatic heterocycles. The van der Waals surface area contributed by atoms with Crippen LogP contribution in [-0.2, 0) is 0 Å². The third-order valence-corrected chi connectivity index (χ3v) is 5.57. The largest absolute Gasteiger partial charge is 0.399 e. The van der Waals surface area contributed by atoms with Crippen LogP contribution in [0.1, 0.15) is 40.0 Å². The number of aromatic nitrogens is 1. The van der Waals surface area contributed by atoms with E-state index in [9.17, 15) is 0 Å². The fourth-order valence-electron chi connectivity index (χ4n) is 4.40. The molecule has 3 rings (SSSR count). The number of nitrogens with zero attached hydrogens (tertiary/aromatic N) is 1. The second-order valence-electron chi connectivity index (χ2n) is 7.10. The van der Waals surface area contributed by atoms with Crippen molar-refractivity contribution in [3.05, 3.63) is 17.3 Å². The number of halogens is 1. The summed E-state index contributed by atoms with van der Waals surface area (Å²) >= 11 is 5.99. The fourth-order valence-corrected chi connectivity index (χ4v) is 4.62. The maximum Gasteiger partial charge on any atom is 0.133 e. The van der Waals surface area contributed by atoms with Crippen LogP contribution in [0, 0.1) is 16.7 Å². The molecule has 3 atom stereocenters. The number of nitrogens with one attached hydrogen (secondary N) is 1. The Labute approximate surface area is 119 Å². The summed E-state index contributed by atoms with van der Waals surface area (Å²) in [6.45, 7) is 7.13. The molecule has 2 fully saturated rings. The molecule has 0 aromatic carbocycles. The number of hydrogen-bond acceptors (Lipinski definition) is 3. The van der Waals surface area contributed by atoms with E-state index in [4.69, 9.17) is 17.3 Å². The zero-order valence-electron chi connectivity index (χ0n) is 11.8. The molecule has 2 bridgehead atoms. The number of anilines is 2. The van der Waals surface area contributed by atoms with Gasteiger partial charge in [-0.25, -0.2) is 4.98 Å². The van der Waals surface area contributed by atoms with Crippen LogP contribution in [0.5, 0.6) is 0 Å². The molecule has 0 radical (unpaired) electrons. The third-order valence-electron chi connectivity index (χ3n) is 5.38. The summed E-state index contributed by atoms with van der Waals surface area (Å²) < 4.78 is 0. The first-order chi connectivity index (χ1) is 8.81. The lowest BCUT2D eigenvalue weighted by atomic mass is 9.68. The standard InChI is InChI=1S/C15H22ClN3/c1-14(2)9-4-5-15(3,8-9)13(14)19-12-7-10(17)6-11(16)18-12/h6-7,9,13H,4-5,8H2,1-3H3,(H3,17,18,19). The van der Waals surface area contributed by atoms with Crippen LogP contribution in [0.2, 0.25) is 5.15 Å². The van der Waals surface area contributed by atoms with E-state index in [2.05, 4.69) is 31.1 Å². The van der Waals surface area contributed by atoms with Crippen LogP contribution in [0.4, 0.5) is 11.5 Å². The van der Waals surface area contributed by atoms with Crippen LogP contribution in [0.3, 0.4) is 0 Å². The Balaban J connectivity index is 1.90. The Kier molecular flexibility index (Phi) is 2.76. The van der Waals surface area contributed by atoms with Crippen molar-refractivity contribution in [1.29, 1.82) is 0 Å². The van der Waals surface area contributed by atoms with Gasteiger partial charge in [-0.2, -0.15) is 0 Å². The molecule has 1 heterocycles. The molecule has 19 heavy (non-hydrogen) atoms. The third kappa shape index (κ3) is 1.99. The van der Waals surface area contributed by atoms with Crippen LogP contribution in [0.15, 0.2) is 12.1 Å². The zero-order valence-corrected chi connectivity index (χ0v) is 12.6. The second-order valence-corrected chi connectivity index (χ2v) is 7.49. The van der Waals surface area contributed by atoms with E-state index >= 15 is 0 Å². The highest BCUT2D eigenvalue weighted by Crippen LogP contribution is 2.63. The monoisotopic (exact) mass is 279 g/mol. The van der Waals surface area contributed by atoms with Crippen molar-refractivity contribution < 1.29 is 0 Å². The molecule has 2 aliphatic rings. The van der Waals surface area contributed by atoms with Crippen LogP contribution < -0.4 is 11.1 Å². The van der Waals surface area contributed by atoms with E-state index in [1.165, 1.54) is 19.3 Å². The van der Waals surface area contributed by atoms with Crippen molar-refractivity contribution in [2.24, 2.45) is 16.7 Å². The van der Waals surface area contributed by atoms with Gasteiger partial charge in [-0.3, -0.25) is 0 Å². The van der Waals surface area contributed by atoms with Crippen molar-refractivity contribution in [1.82, 2.24) is 4.98 Å². The van der Waals surface area contributed by atoms with Gasteiger partial charge in [0.15, 0.2) is 0 Å². The van der Waals surface area contributed by atoms with Gasteiger partial charge in [0.05, 0.1) is 0 Å². The summed E-state index contributed by atoms with van der Waals surface area (Å²) in [6.07, 6.45) is 3.97. The maximum atomic E-state index is 5.99. The van der Waals surface area contributed by atoms with Gasteiger partial charge in [-0.1, -0.05) is 32.4 Å².